The Bertz CT molecular complexity index is 202. The minimum atomic E-state index is -0.929. The van der Waals surface area contributed by atoms with Gasteiger partial charge in [0, 0.05) is 0 Å². The highest BCUT2D eigenvalue weighted by molar-refractivity contribution is 5.77. The van der Waals surface area contributed by atoms with Gasteiger partial charge in [-0.15, -0.1) is 0 Å². The number of carbonyl (C=O) groups excluding carboxylic acids is 1. The largest absolute Gasteiger partial charge is 0.459 e. The van der Waals surface area contributed by atoms with Crippen LogP contribution in [0, 0.1) is 5.41 Å². The molecule has 3 heteroatoms. The Balaban J connectivity index is 4.69. The van der Waals surface area contributed by atoms with Crippen LogP contribution in [-0.2, 0) is 9.53 Å². The molecule has 0 fully saturated rings. The average Bonchev–Trinajstić information content (AvgIpc) is 2.11. The molecule has 0 heterocycles. The Morgan fingerprint density at radius 3 is 2.07 bits per heavy atom. The molecule has 0 radical (unpaired) electrons. The second-order valence-electron chi connectivity index (χ2n) is 5.02. The summed E-state index contributed by atoms with van der Waals surface area (Å²) in [5.74, 6) is -0.401. The summed E-state index contributed by atoms with van der Waals surface area (Å²) in [6.07, 6.45) is 1.83. The molecule has 0 aromatic heterocycles. The maximum absolute atomic E-state index is 13.0. The molecule has 0 saturated carbocycles. The highest BCUT2D eigenvalue weighted by Gasteiger charge is 2.39. The molecular formula is C12H23FO2. The molecule has 0 rings (SSSR count). The van der Waals surface area contributed by atoms with E-state index in [-0.39, 0.29) is 0 Å². The zero-order chi connectivity index (χ0) is 12.1. The van der Waals surface area contributed by atoms with E-state index >= 15 is 0 Å². The van der Waals surface area contributed by atoms with Crippen LogP contribution in [0.15, 0.2) is 0 Å². The average molecular weight is 218 g/mol. The Hall–Kier alpha value is -0.600. The van der Waals surface area contributed by atoms with Gasteiger partial charge in [0.2, 0.25) is 0 Å². The van der Waals surface area contributed by atoms with E-state index in [1.165, 1.54) is 0 Å². The number of ether oxygens (including phenoxy) is 1. The van der Waals surface area contributed by atoms with Gasteiger partial charge in [-0.05, 0) is 33.6 Å². The Kier molecular flexibility index (Phi) is 5.26. The van der Waals surface area contributed by atoms with E-state index in [9.17, 15) is 9.18 Å². The fourth-order valence-corrected chi connectivity index (χ4v) is 1.50. The van der Waals surface area contributed by atoms with Crippen molar-refractivity contribution >= 4 is 5.97 Å². The molecule has 0 N–H and O–H groups in total. The first-order valence-electron chi connectivity index (χ1n) is 5.60. The summed E-state index contributed by atoms with van der Waals surface area (Å²) in [4.78, 5) is 11.9. The molecule has 0 bridgehead atoms. The molecule has 2 nitrogen and oxygen atoms in total. The highest BCUT2D eigenvalue weighted by atomic mass is 19.1. The van der Waals surface area contributed by atoms with Crippen LogP contribution in [0.5, 0.6) is 0 Å². The first-order chi connectivity index (χ1) is 6.81. The minimum Gasteiger partial charge on any atom is -0.459 e. The van der Waals surface area contributed by atoms with Crippen molar-refractivity contribution in [2.45, 2.75) is 59.5 Å². The van der Waals surface area contributed by atoms with Crippen LogP contribution < -0.4 is 0 Å². The lowest BCUT2D eigenvalue weighted by atomic mass is 9.82. The van der Waals surface area contributed by atoms with Crippen LogP contribution in [0.1, 0.15) is 53.9 Å². The fraction of sp³-hybridized carbons (Fsp3) is 0.917. The summed E-state index contributed by atoms with van der Waals surface area (Å²) in [6.45, 7) is 8.55. The van der Waals surface area contributed by atoms with Gasteiger partial charge in [0.1, 0.15) is 12.3 Å². The highest BCUT2D eigenvalue weighted by Crippen LogP contribution is 2.32. The molecule has 0 aromatic rings. The number of esters is 1. The third-order valence-electron chi connectivity index (χ3n) is 2.49. The topological polar surface area (TPSA) is 26.3 Å². The number of carbonyl (C=O) groups is 1. The van der Waals surface area contributed by atoms with Crippen LogP contribution in [0.3, 0.4) is 0 Å². The molecule has 15 heavy (non-hydrogen) atoms. The maximum Gasteiger partial charge on any atom is 0.315 e. The van der Waals surface area contributed by atoms with Gasteiger partial charge in [-0.1, -0.05) is 20.3 Å². The van der Waals surface area contributed by atoms with E-state index in [0.29, 0.717) is 12.8 Å². The zero-order valence-electron chi connectivity index (χ0n) is 10.5. The van der Waals surface area contributed by atoms with Crippen LogP contribution in [0.25, 0.3) is 0 Å². The van der Waals surface area contributed by atoms with Crippen molar-refractivity contribution in [2.24, 2.45) is 5.41 Å². The second-order valence-corrected chi connectivity index (χ2v) is 5.02. The van der Waals surface area contributed by atoms with E-state index in [2.05, 4.69) is 0 Å². The molecule has 0 aliphatic heterocycles. The molecular weight excluding hydrogens is 195 g/mol. The second kappa shape index (κ2) is 5.47. The van der Waals surface area contributed by atoms with Gasteiger partial charge in [-0.3, -0.25) is 4.79 Å². The maximum atomic E-state index is 13.0. The Morgan fingerprint density at radius 2 is 1.80 bits per heavy atom. The summed E-state index contributed by atoms with van der Waals surface area (Å²) in [7, 11) is 0. The number of alkyl halides is 1. The molecule has 1 unspecified atom stereocenters. The number of rotatable bonds is 5. The monoisotopic (exact) mass is 218 g/mol. The van der Waals surface area contributed by atoms with Crippen LogP contribution >= 0.6 is 0 Å². The Labute approximate surface area is 92.2 Å². The quantitative estimate of drug-likeness (QED) is 0.660. The standard InChI is InChI=1S/C12H23FO2/c1-6-8-12(7-2,9-13)10(14)15-11(3,4)5/h6-9H2,1-5H3. The smallest absolute Gasteiger partial charge is 0.315 e. The SMILES string of the molecule is CCCC(CC)(CF)C(=O)OC(C)(C)C. The van der Waals surface area contributed by atoms with Gasteiger partial charge < -0.3 is 4.74 Å². The lowest BCUT2D eigenvalue weighted by Gasteiger charge is -2.31. The lowest BCUT2D eigenvalue weighted by molar-refractivity contribution is -0.169. The summed E-state index contributed by atoms with van der Waals surface area (Å²) in [5.41, 5.74) is -1.47. The van der Waals surface area contributed by atoms with Crippen molar-refractivity contribution in [3.8, 4) is 0 Å². The summed E-state index contributed by atoms with van der Waals surface area (Å²) in [5, 5.41) is 0. The van der Waals surface area contributed by atoms with Gasteiger partial charge in [0.15, 0.2) is 0 Å². The minimum absolute atomic E-state index is 0.401. The molecule has 0 aliphatic carbocycles. The van der Waals surface area contributed by atoms with Crippen molar-refractivity contribution in [3.05, 3.63) is 0 Å². The number of hydrogen-bond acceptors (Lipinski definition) is 2. The van der Waals surface area contributed by atoms with Crippen molar-refractivity contribution < 1.29 is 13.9 Å². The molecule has 0 aromatic carbocycles. The summed E-state index contributed by atoms with van der Waals surface area (Å²) in [6, 6.07) is 0. The van der Waals surface area contributed by atoms with E-state index < -0.39 is 23.7 Å². The number of hydrogen-bond donors (Lipinski definition) is 0. The lowest BCUT2D eigenvalue weighted by Crippen LogP contribution is -2.39. The fourth-order valence-electron chi connectivity index (χ4n) is 1.50. The van der Waals surface area contributed by atoms with Crippen LogP contribution in [-0.4, -0.2) is 18.2 Å². The van der Waals surface area contributed by atoms with Gasteiger partial charge in [0.05, 0.1) is 5.41 Å². The molecule has 1 atom stereocenters. The van der Waals surface area contributed by atoms with Crippen molar-refractivity contribution in [1.29, 1.82) is 0 Å². The van der Waals surface area contributed by atoms with E-state index in [4.69, 9.17) is 4.74 Å². The molecule has 90 valence electrons. The van der Waals surface area contributed by atoms with Gasteiger partial charge in [-0.2, -0.15) is 0 Å². The zero-order valence-corrected chi connectivity index (χ0v) is 10.5. The van der Waals surface area contributed by atoms with E-state index in [0.717, 1.165) is 6.42 Å². The van der Waals surface area contributed by atoms with Gasteiger partial charge in [-0.25, -0.2) is 4.39 Å². The molecule has 0 aliphatic rings. The van der Waals surface area contributed by atoms with Gasteiger partial charge in [0.25, 0.3) is 0 Å². The number of halogens is 1. The molecule has 0 spiro atoms. The Morgan fingerprint density at radius 1 is 1.27 bits per heavy atom. The third kappa shape index (κ3) is 4.18. The summed E-state index contributed by atoms with van der Waals surface area (Å²) < 4.78 is 18.3. The molecule has 0 saturated heterocycles. The normalized spacial score (nSPS) is 15.9. The first kappa shape index (κ1) is 14.4. The van der Waals surface area contributed by atoms with Crippen molar-refractivity contribution in [1.82, 2.24) is 0 Å². The predicted octanol–water partition coefficient (Wildman–Crippen LogP) is 3.49. The van der Waals surface area contributed by atoms with Crippen LogP contribution in [0.4, 0.5) is 4.39 Å². The van der Waals surface area contributed by atoms with Crippen LogP contribution in [0.2, 0.25) is 0 Å². The van der Waals surface area contributed by atoms with Crippen molar-refractivity contribution in [2.75, 3.05) is 6.67 Å². The first-order valence-corrected chi connectivity index (χ1v) is 5.60. The van der Waals surface area contributed by atoms with Gasteiger partial charge >= 0.3 is 5.97 Å². The molecule has 0 amide bonds. The van der Waals surface area contributed by atoms with E-state index in [1.54, 1.807) is 20.8 Å². The summed E-state index contributed by atoms with van der Waals surface area (Å²) >= 11 is 0. The predicted molar refractivity (Wildman–Crippen MR) is 59.5 cm³/mol. The van der Waals surface area contributed by atoms with E-state index in [1.807, 2.05) is 13.8 Å². The van der Waals surface area contributed by atoms with Crippen molar-refractivity contribution in [3.63, 3.8) is 0 Å². The third-order valence-corrected chi connectivity index (χ3v) is 2.49.